The van der Waals surface area contributed by atoms with E-state index in [1.165, 1.54) is 11.8 Å². The fourth-order valence-corrected chi connectivity index (χ4v) is 3.14. The van der Waals surface area contributed by atoms with Crippen molar-refractivity contribution in [2.24, 2.45) is 0 Å². The molecule has 3 aromatic rings. The first-order chi connectivity index (χ1) is 10.8. The number of carbonyl (C=O) groups is 1. The molecule has 1 heterocycles. The van der Waals surface area contributed by atoms with Gasteiger partial charge in [0.1, 0.15) is 11.4 Å². The Labute approximate surface area is 133 Å². The van der Waals surface area contributed by atoms with E-state index in [1.807, 2.05) is 60.7 Å². The second-order valence-corrected chi connectivity index (χ2v) is 5.72. The highest BCUT2D eigenvalue weighted by Crippen LogP contribution is 2.37. The third-order valence-corrected chi connectivity index (χ3v) is 4.30. The molecule has 0 aliphatic rings. The van der Waals surface area contributed by atoms with E-state index in [4.69, 9.17) is 0 Å². The molecule has 0 radical (unpaired) electrons. The van der Waals surface area contributed by atoms with Crippen molar-refractivity contribution < 1.29 is 4.79 Å². The number of nitrogens with one attached hydrogen (secondary N) is 2. The molecule has 4 nitrogen and oxygen atoms in total. The maximum Gasteiger partial charge on any atom is 0.270 e. The first kappa shape index (κ1) is 14.4. The standard InChI is InChI=1S/C17H15N3OS/c1-18-17(21)15-16(22-13-10-6-3-7-11-13)14(19-20-15)12-8-4-2-5-9-12/h2-11H,1H3,(H,18,21)(H,19,20). The maximum absolute atomic E-state index is 12.1. The van der Waals surface area contributed by atoms with Crippen LogP contribution in [0.1, 0.15) is 10.5 Å². The normalized spacial score (nSPS) is 10.4. The molecule has 0 saturated carbocycles. The van der Waals surface area contributed by atoms with Gasteiger partial charge in [0.15, 0.2) is 0 Å². The number of aromatic nitrogens is 2. The number of nitrogens with zero attached hydrogens (tertiary/aromatic N) is 1. The van der Waals surface area contributed by atoms with Crippen LogP contribution in [0.2, 0.25) is 0 Å². The van der Waals surface area contributed by atoms with Crippen LogP contribution >= 0.6 is 11.8 Å². The molecule has 0 bridgehead atoms. The van der Waals surface area contributed by atoms with Crippen molar-refractivity contribution in [2.45, 2.75) is 9.79 Å². The zero-order valence-electron chi connectivity index (χ0n) is 12.0. The van der Waals surface area contributed by atoms with Gasteiger partial charge in [0, 0.05) is 17.5 Å². The van der Waals surface area contributed by atoms with Crippen molar-refractivity contribution in [3.05, 3.63) is 66.4 Å². The summed E-state index contributed by atoms with van der Waals surface area (Å²) in [6, 6.07) is 19.8. The zero-order valence-corrected chi connectivity index (χ0v) is 12.9. The van der Waals surface area contributed by atoms with Crippen molar-refractivity contribution in [1.29, 1.82) is 0 Å². The van der Waals surface area contributed by atoms with E-state index >= 15 is 0 Å². The Bertz CT molecular complexity index is 769. The smallest absolute Gasteiger partial charge is 0.270 e. The van der Waals surface area contributed by atoms with Gasteiger partial charge in [-0.05, 0) is 12.1 Å². The summed E-state index contributed by atoms with van der Waals surface area (Å²) in [5.41, 5.74) is 2.25. The number of benzene rings is 2. The Morgan fingerprint density at radius 3 is 2.32 bits per heavy atom. The Balaban J connectivity index is 2.07. The van der Waals surface area contributed by atoms with Crippen molar-refractivity contribution in [2.75, 3.05) is 7.05 Å². The number of aromatic amines is 1. The van der Waals surface area contributed by atoms with Crippen LogP contribution in [0.25, 0.3) is 11.3 Å². The highest BCUT2D eigenvalue weighted by atomic mass is 32.2. The average molecular weight is 309 g/mol. The van der Waals surface area contributed by atoms with Gasteiger partial charge in [-0.25, -0.2) is 0 Å². The van der Waals surface area contributed by atoms with Gasteiger partial charge in [0.05, 0.1) is 4.90 Å². The van der Waals surface area contributed by atoms with E-state index in [0.717, 1.165) is 21.0 Å². The summed E-state index contributed by atoms with van der Waals surface area (Å²) >= 11 is 1.53. The minimum Gasteiger partial charge on any atom is -0.354 e. The molecule has 3 rings (SSSR count). The van der Waals surface area contributed by atoms with Gasteiger partial charge >= 0.3 is 0 Å². The van der Waals surface area contributed by atoms with E-state index in [1.54, 1.807) is 7.05 Å². The molecular weight excluding hydrogens is 294 g/mol. The van der Waals surface area contributed by atoms with Gasteiger partial charge < -0.3 is 5.32 Å². The molecule has 0 spiro atoms. The Kier molecular flexibility index (Phi) is 4.25. The summed E-state index contributed by atoms with van der Waals surface area (Å²) < 4.78 is 0. The first-order valence-electron chi connectivity index (χ1n) is 6.88. The quantitative estimate of drug-likeness (QED) is 0.774. The number of amides is 1. The summed E-state index contributed by atoms with van der Waals surface area (Å²) in [4.78, 5) is 14.0. The van der Waals surface area contributed by atoms with Crippen molar-refractivity contribution in [3.63, 3.8) is 0 Å². The van der Waals surface area contributed by atoms with E-state index in [9.17, 15) is 4.79 Å². The number of hydrogen-bond acceptors (Lipinski definition) is 3. The van der Waals surface area contributed by atoms with Crippen LogP contribution in [-0.4, -0.2) is 23.2 Å². The highest BCUT2D eigenvalue weighted by Gasteiger charge is 2.20. The Morgan fingerprint density at radius 1 is 1.05 bits per heavy atom. The SMILES string of the molecule is CNC(=O)c1[nH]nc(-c2ccccc2)c1Sc1ccccc1. The van der Waals surface area contributed by atoms with Crippen LogP contribution in [0.5, 0.6) is 0 Å². The summed E-state index contributed by atoms with van der Waals surface area (Å²) in [5, 5.41) is 9.85. The monoisotopic (exact) mass is 309 g/mol. The highest BCUT2D eigenvalue weighted by molar-refractivity contribution is 7.99. The van der Waals surface area contributed by atoms with E-state index < -0.39 is 0 Å². The lowest BCUT2D eigenvalue weighted by Crippen LogP contribution is -2.18. The molecule has 1 amide bonds. The lowest BCUT2D eigenvalue weighted by molar-refractivity contribution is 0.0955. The lowest BCUT2D eigenvalue weighted by Gasteiger charge is -2.05. The summed E-state index contributed by atoms with van der Waals surface area (Å²) in [5.74, 6) is -0.173. The zero-order chi connectivity index (χ0) is 15.4. The molecule has 0 atom stereocenters. The second kappa shape index (κ2) is 6.49. The summed E-state index contributed by atoms with van der Waals surface area (Å²) in [6.07, 6.45) is 0. The predicted octanol–water partition coefficient (Wildman–Crippen LogP) is 3.59. The van der Waals surface area contributed by atoms with Crippen LogP contribution in [0, 0.1) is 0 Å². The molecule has 0 aliphatic carbocycles. The van der Waals surface area contributed by atoms with Crippen LogP contribution in [0.4, 0.5) is 0 Å². The van der Waals surface area contributed by atoms with E-state index in [-0.39, 0.29) is 5.91 Å². The van der Waals surface area contributed by atoms with Crippen LogP contribution in [-0.2, 0) is 0 Å². The third kappa shape index (κ3) is 2.89. The predicted molar refractivity (Wildman–Crippen MR) is 88.0 cm³/mol. The average Bonchev–Trinajstić information content (AvgIpc) is 2.99. The minimum absolute atomic E-state index is 0.173. The summed E-state index contributed by atoms with van der Waals surface area (Å²) in [6.45, 7) is 0. The van der Waals surface area contributed by atoms with Crippen molar-refractivity contribution in [3.8, 4) is 11.3 Å². The van der Waals surface area contributed by atoms with Gasteiger partial charge in [-0.3, -0.25) is 9.89 Å². The van der Waals surface area contributed by atoms with E-state index in [2.05, 4.69) is 15.5 Å². The maximum atomic E-state index is 12.1. The molecule has 22 heavy (non-hydrogen) atoms. The number of H-pyrrole nitrogens is 1. The Morgan fingerprint density at radius 2 is 1.68 bits per heavy atom. The molecule has 2 N–H and O–H groups in total. The fourth-order valence-electron chi connectivity index (χ4n) is 2.11. The molecule has 2 aromatic carbocycles. The van der Waals surface area contributed by atoms with Crippen LogP contribution < -0.4 is 5.32 Å². The van der Waals surface area contributed by atoms with Gasteiger partial charge in [0.2, 0.25) is 0 Å². The Hall–Kier alpha value is -2.53. The van der Waals surface area contributed by atoms with Gasteiger partial charge in [0.25, 0.3) is 5.91 Å². The molecule has 0 unspecified atom stereocenters. The molecule has 0 saturated heterocycles. The molecule has 1 aromatic heterocycles. The molecule has 0 aliphatic heterocycles. The summed E-state index contributed by atoms with van der Waals surface area (Å²) in [7, 11) is 1.61. The fraction of sp³-hybridized carbons (Fsp3) is 0.0588. The minimum atomic E-state index is -0.173. The molecule has 0 fully saturated rings. The van der Waals surface area contributed by atoms with E-state index in [0.29, 0.717) is 5.69 Å². The van der Waals surface area contributed by atoms with Crippen LogP contribution in [0.3, 0.4) is 0 Å². The van der Waals surface area contributed by atoms with Crippen molar-refractivity contribution in [1.82, 2.24) is 15.5 Å². The van der Waals surface area contributed by atoms with Gasteiger partial charge in [-0.1, -0.05) is 60.3 Å². The van der Waals surface area contributed by atoms with Gasteiger partial charge in [-0.15, -0.1) is 0 Å². The van der Waals surface area contributed by atoms with Crippen LogP contribution in [0.15, 0.2) is 70.5 Å². The molecule has 110 valence electrons. The third-order valence-electron chi connectivity index (χ3n) is 3.19. The first-order valence-corrected chi connectivity index (χ1v) is 7.70. The lowest BCUT2D eigenvalue weighted by atomic mass is 10.1. The van der Waals surface area contributed by atoms with Gasteiger partial charge in [-0.2, -0.15) is 5.10 Å². The topological polar surface area (TPSA) is 57.8 Å². The molecular formula is C17H15N3OS. The number of carbonyl (C=O) groups excluding carboxylic acids is 1. The number of rotatable bonds is 4. The largest absolute Gasteiger partial charge is 0.354 e. The second-order valence-electron chi connectivity index (χ2n) is 4.64. The van der Waals surface area contributed by atoms with Crippen molar-refractivity contribution >= 4 is 17.7 Å². The molecule has 5 heteroatoms. The number of hydrogen-bond donors (Lipinski definition) is 2.